The first-order chi connectivity index (χ1) is 15.8. The van der Waals surface area contributed by atoms with Gasteiger partial charge >= 0.3 is 5.97 Å². The maximum absolute atomic E-state index is 13.6. The van der Waals surface area contributed by atoms with Gasteiger partial charge in [-0.1, -0.05) is 24.3 Å². The molecular weight excluding hydrogens is 422 g/mol. The molecule has 2 aromatic carbocycles. The Morgan fingerprint density at radius 1 is 1.12 bits per heavy atom. The average molecular weight is 445 g/mol. The Morgan fingerprint density at radius 3 is 2.64 bits per heavy atom. The van der Waals surface area contributed by atoms with Crippen molar-refractivity contribution in [3.8, 4) is 0 Å². The summed E-state index contributed by atoms with van der Waals surface area (Å²) < 4.78 is 5.66. The summed E-state index contributed by atoms with van der Waals surface area (Å²) in [5, 5.41) is 0.708. The van der Waals surface area contributed by atoms with E-state index in [4.69, 9.17) is 10.5 Å². The Morgan fingerprint density at radius 2 is 1.85 bits per heavy atom. The van der Waals surface area contributed by atoms with Gasteiger partial charge in [-0.2, -0.15) is 0 Å². The fraction of sp³-hybridized carbons (Fsp3) is 0.292. The molecule has 3 aromatic rings. The second kappa shape index (κ2) is 7.54. The maximum Gasteiger partial charge on any atom is 0.354 e. The number of rotatable bonds is 4. The fourth-order valence-corrected chi connectivity index (χ4v) is 4.83. The lowest BCUT2D eigenvalue weighted by Crippen LogP contribution is -2.70. The van der Waals surface area contributed by atoms with Gasteiger partial charge in [0.05, 0.1) is 16.8 Å². The van der Waals surface area contributed by atoms with E-state index in [1.54, 1.807) is 30.3 Å². The van der Waals surface area contributed by atoms with Gasteiger partial charge in [-0.15, -0.1) is 0 Å². The zero-order valence-electron chi connectivity index (χ0n) is 18.3. The third-order valence-electron chi connectivity index (χ3n) is 6.15. The van der Waals surface area contributed by atoms with Crippen LogP contribution < -0.4 is 10.6 Å². The van der Waals surface area contributed by atoms with Crippen LogP contribution in [0.4, 0.5) is 11.5 Å². The summed E-state index contributed by atoms with van der Waals surface area (Å²) in [6, 6.07) is 13.8. The van der Waals surface area contributed by atoms with E-state index >= 15 is 0 Å². The Hall–Kier alpha value is -4.01. The summed E-state index contributed by atoms with van der Waals surface area (Å²) in [5.74, 6) is -0.711. The second-order valence-corrected chi connectivity index (χ2v) is 8.45. The zero-order chi connectivity index (χ0) is 23.3. The molecule has 1 fully saturated rings. The summed E-state index contributed by atoms with van der Waals surface area (Å²) in [5.41, 5.74) is 5.93. The number of para-hydroxylation sites is 2. The number of carbonyl (C=O) groups is 3. The van der Waals surface area contributed by atoms with Crippen LogP contribution in [0.15, 0.2) is 48.5 Å². The Bertz CT molecular complexity index is 1310. The maximum atomic E-state index is 13.6. The number of fused-ring (bicyclic) bond motifs is 4. The average Bonchev–Trinajstić information content (AvgIpc) is 3.15. The first-order valence-corrected chi connectivity index (χ1v) is 10.8. The highest BCUT2D eigenvalue weighted by atomic mass is 16.5. The largest absolute Gasteiger partial charge is 0.454 e. The van der Waals surface area contributed by atoms with Crippen molar-refractivity contribution >= 4 is 40.2 Å². The third-order valence-corrected chi connectivity index (χ3v) is 6.15. The smallest absolute Gasteiger partial charge is 0.354 e. The number of hydrogen-bond acceptors (Lipinski definition) is 7. The van der Waals surface area contributed by atoms with E-state index in [2.05, 4.69) is 9.97 Å². The Balaban J connectivity index is 1.53. The first-order valence-electron chi connectivity index (χ1n) is 10.8. The number of amides is 2. The van der Waals surface area contributed by atoms with E-state index in [0.29, 0.717) is 22.2 Å². The van der Waals surface area contributed by atoms with E-state index in [1.165, 1.54) is 9.80 Å². The molecule has 9 heteroatoms. The van der Waals surface area contributed by atoms with Crippen molar-refractivity contribution in [2.24, 2.45) is 0 Å². The normalized spacial score (nSPS) is 19.7. The molecule has 0 bridgehead atoms. The number of nitrogens with two attached hydrogens (primary N) is 1. The van der Waals surface area contributed by atoms with Crippen molar-refractivity contribution in [2.75, 3.05) is 10.6 Å². The third kappa shape index (κ3) is 3.03. The molecule has 0 aliphatic carbocycles. The quantitative estimate of drug-likeness (QED) is 0.613. The highest BCUT2D eigenvalue weighted by Crippen LogP contribution is 2.46. The van der Waals surface area contributed by atoms with Gasteiger partial charge in [0.15, 0.2) is 12.4 Å². The molecule has 2 N–H and O–H groups in total. The summed E-state index contributed by atoms with van der Waals surface area (Å²) in [4.78, 5) is 51.6. The van der Waals surface area contributed by atoms with Crippen molar-refractivity contribution in [1.82, 2.24) is 14.9 Å². The van der Waals surface area contributed by atoms with E-state index in [9.17, 15) is 14.4 Å². The number of nitrogens with zero attached hydrogens (tertiary/aromatic N) is 4. The molecular formula is C24H23N5O4. The van der Waals surface area contributed by atoms with Gasteiger partial charge in [-0.25, -0.2) is 14.8 Å². The van der Waals surface area contributed by atoms with Gasteiger partial charge in [0.2, 0.25) is 11.6 Å². The number of ether oxygens (including phenoxy) is 1. The number of carbonyl (C=O) groups excluding carboxylic acids is 3. The Kier molecular flexibility index (Phi) is 4.77. The van der Waals surface area contributed by atoms with Crippen LogP contribution in [0.1, 0.15) is 42.9 Å². The number of hydrogen-bond donors (Lipinski definition) is 1. The van der Waals surface area contributed by atoms with Crippen LogP contribution in [-0.4, -0.2) is 44.4 Å². The number of anilines is 2. The van der Waals surface area contributed by atoms with Gasteiger partial charge in [-0.05, 0) is 38.1 Å². The Labute approximate surface area is 190 Å². The molecule has 2 aliphatic heterocycles. The predicted octanol–water partition coefficient (Wildman–Crippen LogP) is 2.64. The highest BCUT2D eigenvalue weighted by molar-refractivity contribution is 6.15. The lowest BCUT2D eigenvalue weighted by Gasteiger charge is -2.50. The number of esters is 1. The highest BCUT2D eigenvalue weighted by Gasteiger charge is 2.62. The molecule has 33 heavy (non-hydrogen) atoms. The van der Waals surface area contributed by atoms with Gasteiger partial charge in [0.1, 0.15) is 5.82 Å². The lowest BCUT2D eigenvalue weighted by molar-refractivity contribution is -0.160. The van der Waals surface area contributed by atoms with Crippen LogP contribution in [0.2, 0.25) is 0 Å². The number of nitrogen functional groups attached to an aromatic ring is 1. The topological polar surface area (TPSA) is 119 Å². The number of aromatic nitrogens is 2. The van der Waals surface area contributed by atoms with Crippen LogP contribution in [0.5, 0.6) is 0 Å². The molecule has 2 amide bonds. The van der Waals surface area contributed by atoms with E-state index < -0.39 is 11.6 Å². The van der Waals surface area contributed by atoms with Crippen molar-refractivity contribution in [3.63, 3.8) is 0 Å². The minimum absolute atomic E-state index is 0.124. The molecule has 1 aromatic heterocycles. The molecule has 0 spiro atoms. The molecule has 2 aliphatic rings. The SMILES string of the molecule is CC(C)N1C(=O)c2ccccc2N2C(=O)CCC21C(=O)OCc1nc(N)c2ccccc2n1. The first kappa shape index (κ1) is 20.9. The lowest BCUT2D eigenvalue weighted by atomic mass is 9.95. The number of benzene rings is 2. The molecule has 3 heterocycles. The monoisotopic (exact) mass is 445 g/mol. The van der Waals surface area contributed by atoms with Gasteiger partial charge in [-0.3, -0.25) is 14.5 Å². The summed E-state index contributed by atoms with van der Waals surface area (Å²) in [7, 11) is 0. The van der Waals surface area contributed by atoms with E-state index in [1.807, 2.05) is 32.0 Å². The summed E-state index contributed by atoms with van der Waals surface area (Å²) in [6.45, 7) is 3.39. The van der Waals surface area contributed by atoms with Crippen LogP contribution in [0.3, 0.4) is 0 Å². The molecule has 168 valence electrons. The van der Waals surface area contributed by atoms with Crippen LogP contribution in [0, 0.1) is 0 Å². The van der Waals surface area contributed by atoms with Gasteiger partial charge in [0.25, 0.3) is 5.91 Å². The molecule has 1 saturated heterocycles. The van der Waals surface area contributed by atoms with Gasteiger partial charge in [0, 0.05) is 24.3 Å². The fourth-order valence-electron chi connectivity index (χ4n) is 4.83. The zero-order valence-corrected chi connectivity index (χ0v) is 18.3. The van der Waals surface area contributed by atoms with Crippen molar-refractivity contribution in [2.45, 2.75) is 45.0 Å². The molecule has 0 saturated carbocycles. The summed E-state index contributed by atoms with van der Waals surface area (Å²) in [6.07, 6.45) is 0.267. The molecule has 1 unspecified atom stereocenters. The molecule has 1 atom stereocenters. The van der Waals surface area contributed by atoms with Crippen LogP contribution in [-0.2, 0) is 20.9 Å². The standard InChI is InChI=1S/C24H23N5O4/c1-14(2)28-22(31)16-8-4-6-10-18(16)29-20(30)11-12-24(28,29)23(32)33-13-19-26-17-9-5-3-7-15(17)21(25)27-19/h3-10,14H,11-13H2,1-2H3,(H2,25,26,27). The van der Waals surface area contributed by atoms with Crippen LogP contribution in [0.25, 0.3) is 10.9 Å². The predicted molar refractivity (Wildman–Crippen MR) is 121 cm³/mol. The molecule has 5 rings (SSSR count). The van der Waals surface area contributed by atoms with Crippen LogP contribution >= 0.6 is 0 Å². The second-order valence-electron chi connectivity index (χ2n) is 8.45. The molecule has 9 nitrogen and oxygen atoms in total. The van der Waals surface area contributed by atoms with Crippen molar-refractivity contribution in [3.05, 3.63) is 59.9 Å². The van der Waals surface area contributed by atoms with Crippen molar-refractivity contribution < 1.29 is 19.1 Å². The van der Waals surface area contributed by atoms with Gasteiger partial charge < -0.3 is 15.4 Å². The minimum Gasteiger partial charge on any atom is -0.454 e. The molecule has 0 radical (unpaired) electrons. The van der Waals surface area contributed by atoms with E-state index in [0.717, 1.165) is 0 Å². The minimum atomic E-state index is -1.56. The van der Waals surface area contributed by atoms with Crippen molar-refractivity contribution in [1.29, 1.82) is 0 Å². The van der Waals surface area contributed by atoms with E-state index in [-0.39, 0.29) is 48.9 Å². The summed E-state index contributed by atoms with van der Waals surface area (Å²) >= 11 is 0.